The minimum absolute atomic E-state index is 0.0114. The van der Waals surface area contributed by atoms with E-state index in [0.29, 0.717) is 32.2 Å². The number of ketones is 1. The van der Waals surface area contributed by atoms with Gasteiger partial charge >= 0.3 is 6.09 Å². The quantitative estimate of drug-likeness (QED) is 0.464. The number of hydrogen-bond donors (Lipinski definition) is 3. The number of carbonyl (C=O) groups is 3. The maximum absolute atomic E-state index is 12.5. The van der Waals surface area contributed by atoms with Gasteiger partial charge in [-0.3, -0.25) is 9.59 Å². The zero-order chi connectivity index (χ0) is 24.1. The summed E-state index contributed by atoms with van der Waals surface area (Å²) in [6, 6.07) is 15.7. The van der Waals surface area contributed by atoms with Crippen LogP contribution in [0, 0.1) is 5.41 Å². The number of alkyl carbamates (subject to hydrolysis) is 1. The van der Waals surface area contributed by atoms with Gasteiger partial charge in [0.15, 0.2) is 5.78 Å². The predicted octanol–water partition coefficient (Wildman–Crippen LogP) is 3.64. The van der Waals surface area contributed by atoms with E-state index in [2.05, 4.69) is 29.6 Å². The molecule has 1 saturated carbocycles. The summed E-state index contributed by atoms with van der Waals surface area (Å²) < 4.78 is 5.52. The Labute approximate surface area is 200 Å². The Morgan fingerprint density at radius 3 is 2.18 bits per heavy atom. The number of Topliss-reactive ketones (excluding diaryl/α,β-unsaturated/α-hetero) is 1. The van der Waals surface area contributed by atoms with Gasteiger partial charge in [-0.25, -0.2) is 4.79 Å². The van der Waals surface area contributed by atoms with Crippen molar-refractivity contribution in [3.63, 3.8) is 0 Å². The van der Waals surface area contributed by atoms with Crippen LogP contribution < -0.4 is 16.8 Å². The van der Waals surface area contributed by atoms with Gasteiger partial charge in [0.1, 0.15) is 6.61 Å². The number of hydrogen-bond acceptors (Lipinski definition) is 5. The molecule has 0 aromatic heterocycles. The number of benzene rings is 2. The van der Waals surface area contributed by atoms with Crippen molar-refractivity contribution in [2.45, 2.75) is 56.9 Å². The van der Waals surface area contributed by atoms with Crippen molar-refractivity contribution < 1.29 is 19.1 Å². The van der Waals surface area contributed by atoms with Crippen LogP contribution in [-0.4, -0.2) is 37.0 Å². The van der Waals surface area contributed by atoms with E-state index in [1.807, 2.05) is 24.3 Å². The summed E-state index contributed by atoms with van der Waals surface area (Å²) in [6.07, 6.45) is 3.74. The van der Waals surface area contributed by atoms with Gasteiger partial charge in [0, 0.05) is 18.9 Å². The molecular formula is C27H33N3O4. The highest BCUT2D eigenvalue weighted by Gasteiger charge is 2.42. The van der Waals surface area contributed by atoms with E-state index in [-0.39, 0.29) is 24.7 Å². The number of amides is 2. The fourth-order valence-corrected chi connectivity index (χ4v) is 5.35. The van der Waals surface area contributed by atoms with Crippen LogP contribution in [0.3, 0.4) is 0 Å². The maximum atomic E-state index is 12.5. The lowest BCUT2D eigenvalue weighted by atomic mass is 9.79. The molecule has 2 aromatic carbocycles. The number of nitrogens with one attached hydrogen (secondary N) is 1. The van der Waals surface area contributed by atoms with Crippen molar-refractivity contribution in [2.75, 3.05) is 13.2 Å². The van der Waals surface area contributed by atoms with Crippen molar-refractivity contribution in [1.82, 2.24) is 5.32 Å². The number of fused-ring (bicyclic) bond motifs is 3. The minimum Gasteiger partial charge on any atom is -0.449 e. The number of rotatable bonds is 10. The second-order valence-electron chi connectivity index (χ2n) is 9.50. The van der Waals surface area contributed by atoms with E-state index >= 15 is 0 Å². The summed E-state index contributed by atoms with van der Waals surface area (Å²) in [4.78, 5) is 36.7. The molecule has 0 unspecified atom stereocenters. The van der Waals surface area contributed by atoms with Gasteiger partial charge in [-0.2, -0.15) is 0 Å². The number of primary amides is 1. The highest BCUT2D eigenvalue weighted by molar-refractivity contribution is 5.91. The Balaban J connectivity index is 1.20. The second kappa shape index (κ2) is 10.4. The molecule has 7 nitrogen and oxygen atoms in total. The van der Waals surface area contributed by atoms with Gasteiger partial charge in [-0.05, 0) is 47.9 Å². The lowest BCUT2D eigenvalue weighted by Gasteiger charge is -2.25. The molecular weight excluding hydrogens is 430 g/mol. The molecule has 2 aliphatic carbocycles. The lowest BCUT2D eigenvalue weighted by molar-refractivity contribution is -0.133. The zero-order valence-electron chi connectivity index (χ0n) is 19.4. The van der Waals surface area contributed by atoms with E-state index in [1.54, 1.807) is 0 Å². The Kier molecular flexibility index (Phi) is 7.32. The Bertz CT molecular complexity index is 1020. The minimum atomic E-state index is -0.728. The SMILES string of the molecule is NC(=O)C1(CC(=O)[C@@H](N)CCCNC(=O)OCC2c3ccccc3-c3ccccc32)CCCC1. The lowest BCUT2D eigenvalue weighted by Crippen LogP contribution is -2.41. The molecule has 0 heterocycles. The largest absolute Gasteiger partial charge is 0.449 e. The fourth-order valence-electron chi connectivity index (χ4n) is 5.35. The Morgan fingerprint density at radius 1 is 1.00 bits per heavy atom. The van der Waals surface area contributed by atoms with Crippen molar-refractivity contribution >= 4 is 17.8 Å². The Morgan fingerprint density at radius 2 is 1.59 bits per heavy atom. The van der Waals surface area contributed by atoms with Crippen LogP contribution in [0.2, 0.25) is 0 Å². The molecule has 0 aliphatic heterocycles. The first-order chi connectivity index (χ1) is 16.4. The molecule has 0 spiro atoms. The number of ether oxygens (including phenoxy) is 1. The molecule has 1 atom stereocenters. The molecule has 180 valence electrons. The number of carbonyl (C=O) groups excluding carboxylic acids is 3. The highest BCUT2D eigenvalue weighted by atomic mass is 16.5. The van der Waals surface area contributed by atoms with Gasteiger partial charge in [0.25, 0.3) is 0 Å². The first-order valence-corrected chi connectivity index (χ1v) is 12.1. The third-order valence-corrected chi connectivity index (χ3v) is 7.31. The standard InChI is InChI=1S/C27H33N3O4/c28-23(24(31)16-27(25(29)32)13-5-6-14-27)12-7-15-30-26(33)34-17-22-20-10-3-1-8-18(20)19-9-2-4-11-21(19)22/h1-4,8-11,22-23H,5-7,12-17,28H2,(H2,29,32)(H,30,33)/t23-/m0/s1. The van der Waals surface area contributed by atoms with Crippen LogP contribution in [0.4, 0.5) is 4.79 Å². The van der Waals surface area contributed by atoms with Crippen molar-refractivity contribution in [2.24, 2.45) is 16.9 Å². The first kappa shape index (κ1) is 24.0. The summed E-state index contributed by atoms with van der Waals surface area (Å²) in [5, 5.41) is 2.75. The van der Waals surface area contributed by atoms with Gasteiger partial charge in [-0.15, -0.1) is 0 Å². The summed E-state index contributed by atoms with van der Waals surface area (Å²) in [5.41, 5.74) is 15.6. The van der Waals surface area contributed by atoms with Crippen LogP contribution in [0.25, 0.3) is 11.1 Å². The monoisotopic (exact) mass is 463 g/mol. The summed E-state index contributed by atoms with van der Waals surface area (Å²) in [7, 11) is 0. The number of nitrogens with two attached hydrogens (primary N) is 2. The van der Waals surface area contributed by atoms with E-state index in [1.165, 1.54) is 11.1 Å². The highest BCUT2D eigenvalue weighted by Crippen LogP contribution is 2.44. The summed E-state index contributed by atoms with van der Waals surface area (Å²) in [5.74, 6) is -0.526. The third kappa shape index (κ3) is 4.99. The zero-order valence-corrected chi connectivity index (χ0v) is 19.4. The molecule has 1 fully saturated rings. The normalized spacial score (nSPS) is 17.0. The van der Waals surface area contributed by atoms with Gasteiger partial charge < -0.3 is 21.5 Å². The first-order valence-electron chi connectivity index (χ1n) is 12.1. The fraction of sp³-hybridized carbons (Fsp3) is 0.444. The van der Waals surface area contributed by atoms with Crippen molar-refractivity contribution in [3.8, 4) is 11.1 Å². The average molecular weight is 464 g/mol. The van der Waals surface area contributed by atoms with Gasteiger partial charge in [0.05, 0.1) is 11.5 Å². The van der Waals surface area contributed by atoms with Crippen LogP contribution >= 0.6 is 0 Å². The molecule has 0 radical (unpaired) electrons. The van der Waals surface area contributed by atoms with E-state index in [0.717, 1.165) is 24.0 Å². The average Bonchev–Trinajstić information content (AvgIpc) is 3.44. The molecule has 5 N–H and O–H groups in total. The molecule has 0 bridgehead atoms. The smallest absolute Gasteiger partial charge is 0.407 e. The summed E-state index contributed by atoms with van der Waals surface area (Å²) in [6.45, 7) is 0.617. The second-order valence-corrected chi connectivity index (χ2v) is 9.50. The maximum Gasteiger partial charge on any atom is 0.407 e. The molecule has 2 aliphatic rings. The van der Waals surface area contributed by atoms with Gasteiger partial charge in [-0.1, -0.05) is 61.4 Å². The van der Waals surface area contributed by atoms with Crippen LogP contribution in [0.15, 0.2) is 48.5 Å². The molecule has 7 heteroatoms. The van der Waals surface area contributed by atoms with Crippen LogP contribution in [0.5, 0.6) is 0 Å². The topological polar surface area (TPSA) is 125 Å². The Hall–Kier alpha value is -3.19. The molecule has 0 saturated heterocycles. The van der Waals surface area contributed by atoms with E-state index < -0.39 is 23.5 Å². The van der Waals surface area contributed by atoms with Crippen LogP contribution in [0.1, 0.15) is 62.0 Å². The third-order valence-electron chi connectivity index (χ3n) is 7.31. The predicted molar refractivity (Wildman–Crippen MR) is 130 cm³/mol. The molecule has 2 aromatic rings. The molecule has 34 heavy (non-hydrogen) atoms. The van der Waals surface area contributed by atoms with E-state index in [4.69, 9.17) is 16.2 Å². The molecule has 4 rings (SSSR count). The van der Waals surface area contributed by atoms with Crippen molar-refractivity contribution in [3.05, 3.63) is 59.7 Å². The molecule has 2 amide bonds. The van der Waals surface area contributed by atoms with Gasteiger partial charge in [0.2, 0.25) is 5.91 Å². The van der Waals surface area contributed by atoms with Crippen molar-refractivity contribution in [1.29, 1.82) is 0 Å². The van der Waals surface area contributed by atoms with Crippen LogP contribution in [-0.2, 0) is 14.3 Å². The summed E-state index contributed by atoms with van der Waals surface area (Å²) >= 11 is 0. The van der Waals surface area contributed by atoms with E-state index in [9.17, 15) is 14.4 Å².